The van der Waals surface area contributed by atoms with Crippen molar-refractivity contribution in [3.63, 3.8) is 0 Å². The van der Waals surface area contributed by atoms with Crippen molar-refractivity contribution in [3.05, 3.63) is 23.0 Å². The summed E-state index contributed by atoms with van der Waals surface area (Å²) in [6.07, 6.45) is 5.39. The molecule has 0 spiro atoms. The number of methoxy groups -OCH3 is 1. The van der Waals surface area contributed by atoms with Crippen molar-refractivity contribution >= 4 is 33.2 Å². The summed E-state index contributed by atoms with van der Waals surface area (Å²) in [4.78, 5) is 17.4. The second-order valence-corrected chi connectivity index (χ2v) is 12.9. The fourth-order valence-corrected chi connectivity index (χ4v) is 6.75. The minimum atomic E-state index is -3.05. The largest absolute Gasteiger partial charge is 0.496 e. The molecule has 1 atom stereocenters. The number of hydrogen-bond acceptors (Lipinski definition) is 7. The van der Waals surface area contributed by atoms with Gasteiger partial charge in [-0.25, -0.2) is 22.2 Å². The number of anilines is 1. The van der Waals surface area contributed by atoms with Gasteiger partial charge in [-0.05, 0) is 44.9 Å². The molecular weight excluding hydrogens is 540 g/mol. The van der Waals surface area contributed by atoms with Crippen molar-refractivity contribution in [2.24, 2.45) is 5.92 Å². The molecule has 0 radical (unpaired) electrons. The summed E-state index contributed by atoms with van der Waals surface area (Å²) in [5.41, 5.74) is 1.06. The van der Waals surface area contributed by atoms with E-state index in [0.717, 1.165) is 12.8 Å². The predicted octanol–water partition coefficient (Wildman–Crippen LogP) is 4.56. The van der Waals surface area contributed by atoms with Gasteiger partial charge in [0, 0.05) is 50.5 Å². The van der Waals surface area contributed by atoms with Gasteiger partial charge in [0.25, 0.3) is 5.91 Å². The number of aromatic nitrogens is 3. The first kappa shape index (κ1) is 28.5. The topological polar surface area (TPSA) is 115 Å². The van der Waals surface area contributed by atoms with Crippen molar-refractivity contribution in [2.75, 3.05) is 25.2 Å². The van der Waals surface area contributed by atoms with Gasteiger partial charge in [-0.15, -0.1) is 0 Å². The molecule has 2 saturated carbocycles. The van der Waals surface area contributed by atoms with Crippen LogP contribution in [0.2, 0.25) is 5.02 Å². The summed E-state index contributed by atoms with van der Waals surface area (Å²) in [5.74, 6) is -2.07. The van der Waals surface area contributed by atoms with E-state index in [2.05, 4.69) is 20.7 Å². The maximum Gasteiger partial charge on any atom is 0.273 e. The Labute approximate surface area is 226 Å². The maximum atomic E-state index is 13.6. The number of rotatable bonds is 9. The van der Waals surface area contributed by atoms with E-state index < -0.39 is 21.7 Å². The van der Waals surface area contributed by atoms with Crippen molar-refractivity contribution in [3.8, 4) is 17.0 Å². The number of hydrogen-bond donors (Lipinski definition) is 2. The van der Waals surface area contributed by atoms with Crippen LogP contribution in [0.5, 0.6) is 5.75 Å². The van der Waals surface area contributed by atoms with E-state index in [1.807, 2.05) is 6.92 Å². The van der Waals surface area contributed by atoms with E-state index in [0.29, 0.717) is 55.2 Å². The fourth-order valence-electron chi connectivity index (χ4n) is 5.30. The highest BCUT2D eigenvalue weighted by molar-refractivity contribution is 7.91. The van der Waals surface area contributed by atoms with E-state index in [9.17, 15) is 22.0 Å². The Morgan fingerprint density at radius 3 is 2.55 bits per heavy atom. The second-order valence-electron chi connectivity index (χ2n) is 10.2. The minimum Gasteiger partial charge on any atom is -0.496 e. The third-order valence-corrected chi connectivity index (χ3v) is 9.50. The van der Waals surface area contributed by atoms with Gasteiger partial charge in [0.15, 0.2) is 5.69 Å². The number of aryl methyl sites for hydroxylation is 1. The Bertz CT molecular complexity index is 1280. The van der Waals surface area contributed by atoms with Crippen LogP contribution in [0.15, 0.2) is 12.3 Å². The Balaban J connectivity index is 1.47. The second kappa shape index (κ2) is 11.3. The molecule has 13 heteroatoms. The Morgan fingerprint density at radius 1 is 1.26 bits per heavy atom. The van der Waals surface area contributed by atoms with Gasteiger partial charge >= 0.3 is 0 Å². The quantitative estimate of drug-likeness (QED) is 0.452. The van der Waals surface area contributed by atoms with Crippen LogP contribution in [-0.2, 0) is 16.4 Å². The number of alkyl halides is 2. The van der Waals surface area contributed by atoms with E-state index >= 15 is 0 Å². The van der Waals surface area contributed by atoms with E-state index in [1.54, 1.807) is 10.7 Å². The standard InChI is InChI=1S/C25H34ClF2N5O4S/c1-4-33-23(18-14-29-20(11-19(18)37-2)31-16-9-10-25(27,28)12-16)21(26)22(32-33)24(34)30-13-15-5-7-17(8-6-15)38(3,35)36/h11,14-17H,4-10,12-13H2,1-3H3,(H,29,31)(H,30,34)/t15?,16-,17?/m1/s1. The average Bonchev–Trinajstić information content (AvgIpc) is 3.39. The predicted molar refractivity (Wildman–Crippen MR) is 142 cm³/mol. The number of pyridine rings is 1. The summed E-state index contributed by atoms with van der Waals surface area (Å²) in [7, 11) is -1.56. The van der Waals surface area contributed by atoms with Gasteiger partial charge in [0.2, 0.25) is 5.92 Å². The molecule has 38 heavy (non-hydrogen) atoms. The maximum absolute atomic E-state index is 13.6. The lowest BCUT2D eigenvalue weighted by atomic mass is 9.89. The smallest absolute Gasteiger partial charge is 0.273 e. The van der Waals surface area contributed by atoms with E-state index in [4.69, 9.17) is 16.3 Å². The highest BCUT2D eigenvalue weighted by atomic mass is 35.5. The first-order valence-corrected chi connectivity index (χ1v) is 15.2. The number of nitrogens with one attached hydrogen (secondary N) is 2. The van der Waals surface area contributed by atoms with Gasteiger partial charge in [0.1, 0.15) is 21.4 Å². The van der Waals surface area contributed by atoms with Crippen molar-refractivity contribution in [1.29, 1.82) is 0 Å². The molecule has 2 aromatic heterocycles. The number of halogens is 3. The normalized spacial score (nSPS) is 23.3. The van der Waals surface area contributed by atoms with Crippen molar-refractivity contribution in [2.45, 2.75) is 75.6 Å². The van der Waals surface area contributed by atoms with Crippen LogP contribution < -0.4 is 15.4 Å². The van der Waals surface area contributed by atoms with Crippen LogP contribution in [0.4, 0.5) is 14.6 Å². The van der Waals surface area contributed by atoms with Crippen LogP contribution in [0.3, 0.4) is 0 Å². The molecule has 0 aromatic carbocycles. The van der Waals surface area contributed by atoms with Crippen LogP contribution in [0.25, 0.3) is 11.3 Å². The van der Waals surface area contributed by atoms with E-state index in [1.165, 1.54) is 19.6 Å². The first-order chi connectivity index (χ1) is 17.9. The zero-order valence-corrected chi connectivity index (χ0v) is 23.3. The van der Waals surface area contributed by atoms with Crippen LogP contribution >= 0.6 is 11.6 Å². The summed E-state index contributed by atoms with van der Waals surface area (Å²) in [5, 5.41) is 10.2. The number of ether oxygens (including phenoxy) is 1. The SMILES string of the molecule is CCn1nc(C(=O)NCC2CCC(S(C)(=O)=O)CC2)c(Cl)c1-c1cnc(N[C@@H]2CCC(F)(F)C2)cc1OC. The third kappa shape index (κ3) is 6.39. The molecule has 2 N–H and O–H groups in total. The van der Waals surface area contributed by atoms with Gasteiger partial charge in [-0.2, -0.15) is 5.10 Å². The average molecular weight is 574 g/mol. The molecule has 4 rings (SSSR count). The molecule has 2 aliphatic carbocycles. The Hall–Kier alpha value is -2.47. The first-order valence-electron chi connectivity index (χ1n) is 12.8. The molecular formula is C25H34ClF2N5O4S. The minimum absolute atomic E-state index is 0.0748. The van der Waals surface area contributed by atoms with Crippen LogP contribution in [0, 0.1) is 5.92 Å². The van der Waals surface area contributed by atoms with Gasteiger partial charge in [-0.3, -0.25) is 9.48 Å². The Kier molecular flexibility index (Phi) is 8.51. The highest BCUT2D eigenvalue weighted by Gasteiger charge is 2.39. The molecule has 0 unspecified atom stereocenters. The molecule has 0 saturated heterocycles. The van der Waals surface area contributed by atoms with E-state index in [-0.39, 0.29) is 40.8 Å². The molecule has 2 aromatic rings. The molecule has 1 amide bonds. The lowest BCUT2D eigenvalue weighted by Crippen LogP contribution is -2.34. The number of amides is 1. The van der Waals surface area contributed by atoms with Crippen LogP contribution in [0.1, 0.15) is 62.4 Å². The molecule has 0 bridgehead atoms. The summed E-state index contributed by atoms with van der Waals surface area (Å²) >= 11 is 6.67. The number of nitrogens with zero attached hydrogens (tertiary/aromatic N) is 3. The molecule has 210 valence electrons. The summed E-state index contributed by atoms with van der Waals surface area (Å²) < 4.78 is 57.9. The van der Waals surface area contributed by atoms with Crippen LogP contribution in [-0.4, -0.2) is 66.2 Å². The highest BCUT2D eigenvalue weighted by Crippen LogP contribution is 2.39. The fraction of sp³-hybridized carbons (Fsp3) is 0.640. The molecule has 0 aliphatic heterocycles. The Morgan fingerprint density at radius 2 is 1.97 bits per heavy atom. The molecule has 2 fully saturated rings. The van der Waals surface area contributed by atoms with Crippen molar-refractivity contribution in [1.82, 2.24) is 20.1 Å². The number of carbonyl (C=O) groups excluding carboxylic acids is 1. The number of carbonyl (C=O) groups is 1. The summed E-state index contributed by atoms with van der Waals surface area (Å²) in [6.45, 7) is 2.70. The van der Waals surface area contributed by atoms with Gasteiger partial charge < -0.3 is 15.4 Å². The lowest BCUT2D eigenvalue weighted by molar-refractivity contribution is 0.00851. The third-order valence-electron chi connectivity index (χ3n) is 7.46. The molecule has 2 aliphatic rings. The zero-order valence-electron chi connectivity index (χ0n) is 21.8. The van der Waals surface area contributed by atoms with Gasteiger partial charge in [0.05, 0.1) is 28.6 Å². The monoisotopic (exact) mass is 573 g/mol. The van der Waals surface area contributed by atoms with Gasteiger partial charge in [-0.1, -0.05) is 11.6 Å². The molecule has 9 nitrogen and oxygen atoms in total. The van der Waals surface area contributed by atoms with Crippen molar-refractivity contribution < 1.29 is 26.7 Å². The zero-order chi connectivity index (χ0) is 27.7. The lowest BCUT2D eigenvalue weighted by Gasteiger charge is -2.27. The number of sulfone groups is 1. The summed E-state index contributed by atoms with van der Waals surface area (Å²) in [6, 6.07) is 1.25. The molecule has 2 heterocycles.